The molecule has 0 unspecified atom stereocenters. The minimum atomic E-state index is -3.28. The third-order valence-corrected chi connectivity index (χ3v) is 7.10. The zero-order chi connectivity index (χ0) is 24.4. The standard InChI is InChI=1S/C24H24N6O4S/c1-35(32,33)20-7-5-18(6-8-20)30-23-21(15-28-30)24(27-16-26-23)34-19-9-12-29(13-10-19)22(31)14-17-4-2-3-11-25-17/h2-8,11,15-16,19H,9-10,12-14H2,1H3. The summed E-state index contributed by atoms with van der Waals surface area (Å²) in [5.74, 6) is 0.502. The Hall–Kier alpha value is -3.86. The molecular weight excluding hydrogens is 468 g/mol. The van der Waals surface area contributed by atoms with Crippen molar-refractivity contribution in [1.29, 1.82) is 0 Å². The summed E-state index contributed by atoms with van der Waals surface area (Å²) >= 11 is 0. The van der Waals surface area contributed by atoms with Gasteiger partial charge in [0.2, 0.25) is 11.8 Å². The van der Waals surface area contributed by atoms with Crippen LogP contribution in [0.1, 0.15) is 18.5 Å². The molecule has 3 aromatic heterocycles. The van der Waals surface area contributed by atoms with Gasteiger partial charge in [-0.3, -0.25) is 9.78 Å². The highest BCUT2D eigenvalue weighted by atomic mass is 32.2. The van der Waals surface area contributed by atoms with E-state index in [1.54, 1.807) is 41.3 Å². The fraction of sp³-hybridized carbons (Fsp3) is 0.292. The van der Waals surface area contributed by atoms with Gasteiger partial charge in [0.1, 0.15) is 17.8 Å². The number of aromatic nitrogens is 5. The van der Waals surface area contributed by atoms with Crippen LogP contribution >= 0.6 is 0 Å². The van der Waals surface area contributed by atoms with Crippen LogP contribution in [0.5, 0.6) is 5.88 Å². The Balaban J connectivity index is 1.26. The van der Waals surface area contributed by atoms with Crippen molar-refractivity contribution in [3.8, 4) is 11.6 Å². The fourth-order valence-electron chi connectivity index (χ4n) is 4.09. The number of carbonyl (C=O) groups is 1. The topological polar surface area (TPSA) is 120 Å². The summed E-state index contributed by atoms with van der Waals surface area (Å²) in [6, 6.07) is 12.0. The van der Waals surface area contributed by atoms with Crippen molar-refractivity contribution in [3.05, 3.63) is 66.9 Å². The number of fused-ring (bicyclic) bond motifs is 1. The lowest BCUT2D eigenvalue weighted by Gasteiger charge is -2.32. The van der Waals surface area contributed by atoms with E-state index in [4.69, 9.17) is 4.74 Å². The maximum absolute atomic E-state index is 12.6. The molecule has 1 aromatic carbocycles. The predicted molar refractivity (Wildman–Crippen MR) is 128 cm³/mol. The molecule has 0 saturated carbocycles. The average Bonchev–Trinajstić information content (AvgIpc) is 3.30. The lowest BCUT2D eigenvalue weighted by molar-refractivity contribution is -0.132. The van der Waals surface area contributed by atoms with Crippen LogP contribution in [0.4, 0.5) is 0 Å². The quantitative estimate of drug-likeness (QED) is 0.402. The van der Waals surface area contributed by atoms with Crippen LogP contribution in [0.25, 0.3) is 16.7 Å². The number of sulfone groups is 1. The van der Waals surface area contributed by atoms with Crippen molar-refractivity contribution in [3.63, 3.8) is 0 Å². The van der Waals surface area contributed by atoms with Crippen molar-refractivity contribution in [2.75, 3.05) is 19.3 Å². The first kappa shape index (κ1) is 22.9. The second kappa shape index (κ2) is 9.41. The van der Waals surface area contributed by atoms with Crippen molar-refractivity contribution in [2.45, 2.75) is 30.3 Å². The maximum atomic E-state index is 12.6. The maximum Gasteiger partial charge on any atom is 0.228 e. The monoisotopic (exact) mass is 492 g/mol. The lowest BCUT2D eigenvalue weighted by Crippen LogP contribution is -2.42. The van der Waals surface area contributed by atoms with Crippen molar-refractivity contribution in [2.24, 2.45) is 0 Å². The summed E-state index contributed by atoms with van der Waals surface area (Å²) in [5.41, 5.74) is 2.00. The average molecular weight is 493 g/mol. The molecule has 1 saturated heterocycles. The number of pyridine rings is 1. The highest BCUT2D eigenvalue weighted by Crippen LogP contribution is 2.26. The number of rotatable bonds is 6. The van der Waals surface area contributed by atoms with Crippen molar-refractivity contribution >= 4 is 26.8 Å². The van der Waals surface area contributed by atoms with Crippen LogP contribution in [0, 0.1) is 0 Å². The number of piperidine rings is 1. The zero-order valence-electron chi connectivity index (χ0n) is 19.1. The molecule has 1 amide bonds. The number of nitrogens with zero attached hydrogens (tertiary/aromatic N) is 6. The van der Waals surface area contributed by atoms with E-state index in [-0.39, 0.29) is 16.9 Å². The van der Waals surface area contributed by atoms with Gasteiger partial charge in [-0.05, 0) is 36.4 Å². The van der Waals surface area contributed by atoms with Crippen LogP contribution in [0.15, 0.2) is 66.1 Å². The SMILES string of the molecule is CS(=O)(=O)c1ccc(-n2ncc3c(OC4CCN(C(=O)Cc5ccccn5)CC4)ncnc32)cc1. The summed E-state index contributed by atoms with van der Waals surface area (Å²) in [6.07, 6.45) is 7.53. The molecule has 0 N–H and O–H groups in total. The number of ether oxygens (including phenoxy) is 1. The van der Waals surface area contributed by atoms with Gasteiger partial charge in [-0.2, -0.15) is 5.10 Å². The fourth-order valence-corrected chi connectivity index (χ4v) is 4.72. The Labute approximate surface area is 202 Å². The molecule has 0 atom stereocenters. The van der Waals surface area contributed by atoms with Crippen molar-refractivity contribution < 1.29 is 17.9 Å². The number of hydrogen-bond donors (Lipinski definition) is 0. The number of benzene rings is 1. The van der Waals surface area contributed by atoms with Crippen LogP contribution < -0.4 is 4.74 Å². The molecule has 5 rings (SSSR count). The number of hydrogen-bond acceptors (Lipinski definition) is 8. The van der Waals surface area contributed by atoms with E-state index in [0.717, 1.165) is 5.69 Å². The molecule has 35 heavy (non-hydrogen) atoms. The predicted octanol–water partition coefficient (Wildman–Crippen LogP) is 2.23. The summed E-state index contributed by atoms with van der Waals surface area (Å²) in [5, 5.41) is 5.07. The largest absolute Gasteiger partial charge is 0.474 e. The Morgan fingerprint density at radius 2 is 1.83 bits per heavy atom. The van der Waals surface area contributed by atoms with Gasteiger partial charge in [-0.15, -0.1) is 0 Å². The second-order valence-electron chi connectivity index (χ2n) is 8.43. The molecule has 180 valence electrons. The normalized spacial score (nSPS) is 14.8. The third kappa shape index (κ3) is 4.99. The summed E-state index contributed by atoms with van der Waals surface area (Å²) in [4.78, 5) is 27.6. The summed E-state index contributed by atoms with van der Waals surface area (Å²) in [6.45, 7) is 1.22. The van der Waals surface area contributed by atoms with E-state index < -0.39 is 9.84 Å². The Kier molecular flexibility index (Phi) is 6.16. The van der Waals surface area contributed by atoms with E-state index in [2.05, 4.69) is 20.1 Å². The smallest absolute Gasteiger partial charge is 0.228 e. The highest BCUT2D eigenvalue weighted by Gasteiger charge is 2.25. The molecule has 4 heterocycles. The van der Waals surface area contributed by atoms with E-state index in [9.17, 15) is 13.2 Å². The van der Waals surface area contributed by atoms with Gasteiger partial charge in [0.05, 0.1) is 23.2 Å². The van der Waals surface area contributed by atoms with Crippen LogP contribution in [0.2, 0.25) is 0 Å². The van der Waals surface area contributed by atoms with Gasteiger partial charge in [-0.1, -0.05) is 6.07 Å². The molecular formula is C24H24N6O4S. The number of likely N-dealkylation sites (tertiary alicyclic amines) is 1. The number of amides is 1. The van der Waals surface area contributed by atoms with Gasteiger partial charge in [0.25, 0.3) is 0 Å². The van der Waals surface area contributed by atoms with Gasteiger partial charge >= 0.3 is 0 Å². The van der Waals surface area contributed by atoms with E-state index in [1.165, 1.54) is 12.6 Å². The van der Waals surface area contributed by atoms with E-state index in [1.807, 2.05) is 23.1 Å². The first-order valence-corrected chi connectivity index (χ1v) is 13.1. The van der Waals surface area contributed by atoms with E-state index >= 15 is 0 Å². The van der Waals surface area contributed by atoms with Crippen LogP contribution in [-0.2, 0) is 21.1 Å². The summed E-state index contributed by atoms with van der Waals surface area (Å²) in [7, 11) is -3.28. The van der Waals surface area contributed by atoms with Gasteiger partial charge in [0, 0.05) is 44.1 Å². The molecule has 1 aliphatic rings. The molecule has 4 aromatic rings. The first-order chi connectivity index (χ1) is 16.9. The minimum absolute atomic E-state index is 0.0646. The summed E-state index contributed by atoms with van der Waals surface area (Å²) < 4.78 is 31.3. The van der Waals surface area contributed by atoms with Crippen LogP contribution in [-0.4, -0.2) is 69.4 Å². The molecule has 1 aliphatic heterocycles. The number of carbonyl (C=O) groups excluding carboxylic acids is 1. The zero-order valence-corrected chi connectivity index (χ0v) is 19.9. The first-order valence-electron chi connectivity index (χ1n) is 11.2. The molecule has 11 heteroatoms. The molecule has 0 radical (unpaired) electrons. The van der Waals surface area contributed by atoms with Gasteiger partial charge < -0.3 is 9.64 Å². The molecule has 10 nitrogen and oxygen atoms in total. The van der Waals surface area contributed by atoms with Crippen LogP contribution in [0.3, 0.4) is 0 Å². The molecule has 0 bridgehead atoms. The molecule has 1 fully saturated rings. The van der Waals surface area contributed by atoms with Gasteiger partial charge in [-0.25, -0.2) is 23.1 Å². The van der Waals surface area contributed by atoms with Gasteiger partial charge in [0.15, 0.2) is 15.5 Å². The third-order valence-electron chi connectivity index (χ3n) is 5.97. The lowest BCUT2D eigenvalue weighted by atomic mass is 10.1. The highest BCUT2D eigenvalue weighted by molar-refractivity contribution is 7.90. The van der Waals surface area contributed by atoms with Crippen molar-refractivity contribution in [1.82, 2.24) is 29.6 Å². The molecule has 0 spiro atoms. The second-order valence-corrected chi connectivity index (χ2v) is 10.5. The Morgan fingerprint density at radius 3 is 2.51 bits per heavy atom. The minimum Gasteiger partial charge on any atom is -0.474 e. The Morgan fingerprint density at radius 1 is 1.06 bits per heavy atom. The molecule has 0 aliphatic carbocycles. The van der Waals surface area contributed by atoms with E-state index in [0.29, 0.717) is 55.0 Å². The Bertz CT molecular complexity index is 1450.